The largest absolute Gasteiger partial charge is 0.406 e. The number of likely N-dealkylation sites (tertiary alicyclic amines) is 1. The second-order valence-corrected chi connectivity index (χ2v) is 10.1. The van der Waals surface area contributed by atoms with Gasteiger partial charge in [-0.2, -0.15) is 13.2 Å². The van der Waals surface area contributed by atoms with Crippen molar-refractivity contribution in [1.29, 1.82) is 0 Å². The molecule has 0 unspecified atom stereocenters. The van der Waals surface area contributed by atoms with Crippen LogP contribution in [-0.2, 0) is 6.54 Å². The van der Waals surface area contributed by atoms with E-state index in [0.717, 1.165) is 68.4 Å². The average Bonchev–Trinajstić information content (AvgIpc) is 3.19. The maximum Gasteiger partial charge on any atom is 0.406 e. The Morgan fingerprint density at radius 3 is 2.49 bits per heavy atom. The van der Waals surface area contributed by atoms with Gasteiger partial charge in [0.05, 0.1) is 16.9 Å². The van der Waals surface area contributed by atoms with E-state index in [1.165, 1.54) is 11.0 Å². The highest BCUT2D eigenvalue weighted by Crippen LogP contribution is 2.37. The van der Waals surface area contributed by atoms with Crippen molar-refractivity contribution >= 4 is 22.5 Å². The fourth-order valence-electron chi connectivity index (χ4n) is 5.57. The zero-order chi connectivity index (χ0) is 24.6. The minimum Gasteiger partial charge on any atom is -0.382 e. The predicted octanol–water partition coefficient (Wildman–Crippen LogP) is 5.80. The number of nitrogens with zero attached hydrogens (tertiary/aromatic N) is 4. The van der Waals surface area contributed by atoms with Crippen molar-refractivity contribution in [2.45, 2.75) is 69.6 Å². The van der Waals surface area contributed by atoms with E-state index >= 15 is 0 Å². The maximum absolute atomic E-state index is 13.7. The molecule has 0 bridgehead atoms. The number of nitrogens with one attached hydrogen (secondary N) is 1. The first kappa shape index (κ1) is 23.9. The third-order valence-corrected chi connectivity index (χ3v) is 7.41. The van der Waals surface area contributed by atoms with Crippen LogP contribution in [0.4, 0.5) is 24.8 Å². The van der Waals surface area contributed by atoms with E-state index < -0.39 is 12.7 Å². The van der Waals surface area contributed by atoms with Crippen molar-refractivity contribution in [3.63, 3.8) is 0 Å². The van der Waals surface area contributed by atoms with Gasteiger partial charge in [0, 0.05) is 28.7 Å². The van der Waals surface area contributed by atoms with Gasteiger partial charge in [0.1, 0.15) is 6.54 Å². The number of nitrogens with two attached hydrogens (primary N) is 1. The minimum absolute atomic E-state index is 0.108. The molecule has 9 heteroatoms. The molecule has 3 aromatic rings. The van der Waals surface area contributed by atoms with Crippen LogP contribution in [0.15, 0.2) is 30.3 Å². The molecule has 2 aliphatic rings. The van der Waals surface area contributed by atoms with E-state index in [-0.39, 0.29) is 11.9 Å². The first-order chi connectivity index (χ1) is 16.8. The lowest BCUT2D eigenvalue weighted by molar-refractivity contribution is -0.139. The van der Waals surface area contributed by atoms with Crippen LogP contribution in [0.2, 0.25) is 0 Å². The molecular weight excluding hydrogens is 453 g/mol. The summed E-state index contributed by atoms with van der Waals surface area (Å²) in [5, 5.41) is 4.36. The Morgan fingerprint density at radius 1 is 1.03 bits per heavy atom. The number of fused-ring (bicyclic) bond motifs is 1. The van der Waals surface area contributed by atoms with Crippen molar-refractivity contribution in [1.82, 2.24) is 19.4 Å². The SMILES string of the molecule is CN1CCC(Nc2cccc3c2cc(-c2cc(C4CCCCC4)nc(N)n2)n3CC(F)(F)F)CC1. The summed E-state index contributed by atoms with van der Waals surface area (Å²) in [5.74, 6) is 0.381. The normalized spacial score (nSPS) is 18.9. The number of nitrogen functional groups attached to an aromatic ring is 1. The molecule has 3 heterocycles. The molecule has 5 rings (SSSR count). The lowest BCUT2D eigenvalue weighted by Gasteiger charge is -2.30. The Kier molecular flexibility index (Phi) is 6.61. The molecule has 2 aromatic heterocycles. The van der Waals surface area contributed by atoms with Crippen LogP contribution in [-0.4, -0.2) is 51.8 Å². The van der Waals surface area contributed by atoms with Gasteiger partial charge < -0.3 is 20.5 Å². The zero-order valence-corrected chi connectivity index (χ0v) is 20.1. The monoisotopic (exact) mass is 486 g/mol. The third kappa shape index (κ3) is 5.39. The second-order valence-electron chi connectivity index (χ2n) is 10.1. The van der Waals surface area contributed by atoms with E-state index in [0.29, 0.717) is 22.9 Å². The van der Waals surface area contributed by atoms with Gasteiger partial charge in [0.2, 0.25) is 5.95 Å². The Balaban J connectivity index is 1.58. The molecule has 3 N–H and O–H groups in total. The average molecular weight is 487 g/mol. The van der Waals surface area contributed by atoms with Crippen LogP contribution in [0.3, 0.4) is 0 Å². The van der Waals surface area contributed by atoms with Crippen LogP contribution < -0.4 is 11.1 Å². The van der Waals surface area contributed by atoms with Gasteiger partial charge in [-0.1, -0.05) is 25.3 Å². The molecule has 0 atom stereocenters. The lowest BCUT2D eigenvalue weighted by atomic mass is 9.86. The molecular formula is C26H33F3N6. The van der Waals surface area contributed by atoms with Crippen LogP contribution in [0.25, 0.3) is 22.3 Å². The summed E-state index contributed by atoms with van der Waals surface area (Å²) in [7, 11) is 2.11. The molecule has 2 fully saturated rings. The Labute approximate surface area is 203 Å². The molecule has 1 aromatic carbocycles. The number of anilines is 2. The van der Waals surface area contributed by atoms with Crippen molar-refractivity contribution in [3.05, 3.63) is 36.0 Å². The highest BCUT2D eigenvalue weighted by Gasteiger charge is 2.31. The molecule has 6 nitrogen and oxygen atoms in total. The number of hydrogen-bond donors (Lipinski definition) is 2. The summed E-state index contributed by atoms with van der Waals surface area (Å²) >= 11 is 0. The van der Waals surface area contributed by atoms with Crippen molar-refractivity contribution in [2.75, 3.05) is 31.2 Å². The highest BCUT2D eigenvalue weighted by molar-refractivity contribution is 5.96. The third-order valence-electron chi connectivity index (χ3n) is 7.41. The van der Waals surface area contributed by atoms with E-state index in [1.54, 1.807) is 6.07 Å². The molecule has 0 amide bonds. The molecule has 35 heavy (non-hydrogen) atoms. The number of benzene rings is 1. The van der Waals surface area contributed by atoms with Crippen LogP contribution >= 0.6 is 0 Å². The molecule has 1 aliphatic heterocycles. The molecule has 1 saturated carbocycles. The Morgan fingerprint density at radius 2 is 1.77 bits per heavy atom. The summed E-state index contributed by atoms with van der Waals surface area (Å²) in [6.07, 6.45) is 3.12. The smallest absolute Gasteiger partial charge is 0.382 e. The topological polar surface area (TPSA) is 72.0 Å². The maximum atomic E-state index is 13.7. The Bertz CT molecular complexity index is 1170. The van der Waals surface area contributed by atoms with E-state index in [2.05, 4.69) is 27.2 Å². The number of piperidine rings is 1. The van der Waals surface area contributed by atoms with Crippen LogP contribution in [0.5, 0.6) is 0 Å². The quantitative estimate of drug-likeness (QED) is 0.477. The number of halogens is 3. The number of aromatic nitrogens is 3. The van der Waals surface area contributed by atoms with E-state index in [9.17, 15) is 13.2 Å². The molecule has 0 radical (unpaired) electrons. The standard InChI is InChI=1S/C26H33F3N6/c1-34-12-10-18(11-13-34)31-20-8-5-9-23-19(20)14-24(35(23)16-26(27,28)29)22-15-21(32-25(30)33-22)17-6-3-2-4-7-17/h5,8-9,14-15,17-18,31H,2-4,6-7,10-13,16H2,1H3,(H2,30,32,33). The summed E-state index contributed by atoms with van der Waals surface area (Å²) in [6.45, 7) is 0.905. The minimum atomic E-state index is -4.37. The van der Waals surface area contributed by atoms with Crippen molar-refractivity contribution in [3.8, 4) is 11.4 Å². The number of hydrogen-bond acceptors (Lipinski definition) is 5. The predicted molar refractivity (Wildman–Crippen MR) is 133 cm³/mol. The van der Waals surface area contributed by atoms with Gasteiger partial charge in [-0.05, 0) is 70.1 Å². The van der Waals surface area contributed by atoms with Gasteiger partial charge in [0.25, 0.3) is 0 Å². The van der Waals surface area contributed by atoms with E-state index in [1.807, 2.05) is 24.3 Å². The number of alkyl halides is 3. The lowest BCUT2D eigenvalue weighted by Crippen LogP contribution is -2.36. The molecule has 1 aliphatic carbocycles. The molecule has 188 valence electrons. The Hall–Kier alpha value is -2.81. The fourth-order valence-corrected chi connectivity index (χ4v) is 5.57. The van der Waals surface area contributed by atoms with Gasteiger partial charge in [0.15, 0.2) is 0 Å². The highest BCUT2D eigenvalue weighted by atomic mass is 19.4. The zero-order valence-electron chi connectivity index (χ0n) is 20.1. The van der Waals surface area contributed by atoms with Crippen molar-refractivity contribution < 1.29 is 13.2 Å². The van der Waals surface area contributed by atoms with E-state index in [4.69, 9.17) is 5.73 Å². The number of rotatable bonds is 5. The second kappa shape index (κ2) is 9.68. The molecule has 1 saturated heterocycles. The molecule has 0 spiro atoms. The summed E-state index contributed by atoms with van der Waals surface area (Å²) < 4.78 is 42.4. The fraction of sp³-hybridized carbons (Fsp3) is 0.538. The first-order valence-electron chi connectivity index (χ1n) is 12.6. The van der Waals surface area contributed by atoms with Gasteiger partial charge >= 0.3 is 6.18 Å². The summed E-state index contributed by atoms with van der Waals surface area (Å²) in [5.41, 5.74) is 9.16. The summed E-state index contributed by atoms with van der Waals surface area (Å²) in [6, 6.07) is 9.47. The van der Waals surface area contributed by atoms with Gasteiger partial charge in [-0.25, -0.2) is 9.97 Å². The first-order valence-corrected chi connectivity index (χ1v) is 12.6. The van der Waals surface area contributed by atoms with Crippen molar-refractivity contribution in [2.24, 2.45) is 0 Å². The van der Waals surface area contributed by atoms with Crippen LogP contribution in [0.1, 0.15) is 56.6 Å². The van der Waals surface area contributed by atoms with Gasteiger partial charge in [-0.15, -0.1) is 0 Å². The summed E-state index contributed by atoms with van der Waals surface area (Å²) in [4.78, 5) is 11.1. The van der Waals surface area contributed by atoms with Gasteiger partial charge in [-0.3, -0.25) is 0 Å². The van der Waals surface area contributed by atoms with Crippen LogP contribution in [0, 0.1) is 0 Å².